The SMILES string of the molecule is CN1CCC(C(=O)N2CCCC(C(=O)O)C2)C1. The summed E-state index contributed by atoms with van der Waals surface area (Å²) < 4.78 is 0. The van der Waals surface area contributed by atoms with Gasteiger partial charge in [0.15, 0.2) is 0 Å². The summed E-state index contributed by atoms with van der Waals surface area (Å²) in [6.45, 7) is 2.90. The zero-order valence-electron chi connectivity index (χ0n) is 10.3. The van der Waals surface area contributed by atoms with Crippen LogP contribution in [-0.4, -0.2) is 60.0 Å². The molecule has 0 saturated carbocycles. The van der Waals surface area contributed by atoms with E-state index in [0.717, 1.165) is 32.5 Å². The van der Waals surface area contributed by atoms with Gasteiger partial charge in [-0.05, 0) is 32.9 Å². The molecule has 0 aromatic rings. The minimum atomic E-state index is -0.772. The zero-order valence-corrected chi connectivity index (χ0v) is 10.3. The quantitative estimate of drug-likeness (QED) is 0.752. The second-order valence-electron chi connectivity index (χ2n) is 5.21. The van der Waals surface area contributed by atoms with Gasteiger partial charge in [-0.3, -0.25) is 9.59 Å². The summed E-state index contributed by atoms with van der Waals surface area (Å²) in [5, 5.41) is 9.00. The van der Waals surface area contributed by atoms with E-state index < -0.39 is 5.97 Å². The Balaban J connectivity index is 1.93. The summed E-state index contributed by atoms with van der Waals surface area (Å²) in [5.74, 6) is -0.911. The van der Waals surface area contributed by atoms with Crippen molar-refractivity contribution < 1.29 is 14.7 Å². The maximum atomic E-state index is 12.2. The average molecular weight is 240 g/mol. The fraction of sp³-hybridized carbons (Fsp3) is 0.833. The Morgan fingerprint density at radius 2 is 1.88 bits per heavy atom. The summed E-state index contributed by atoms with van der Waals surface area (Å²) in [5.41, 5.74) is 0. The lowest BCUT2D eigenvalue weighted by atomic mass is 9.96. The highest BCUT2D eigenvalue weighted by Crippen LogP contribution is 2.22. The van der Waals surface area contributed by atoms with Gasteiger partial charge in [-0.25, -0.2) is 0 Å². The van der Waals surface area contributed by atoms with Crippen molar-refractivity contribution >= 4 is 11.9 Å². The third-order valence-corrected chi connectivity index (χ3v) is 3.82. The van der Waals surface area contributed by atoms with Crippen molar-refractivity contribution in [2.45, 2.75) is 19.3 Å². The van der Waals surface area contributed by atoms with E-state index in [2.05, 4.69) is 4.90 Å². The number of rotatable bonds is 2. The first-order valence-electron chi connectivity index (χ1n) is 6.28. The van der Waals surface area contributed by atoms with Gasteiger partial charge in [0.1, 0.15) is 0 Å². The summed E-state index contributed by atoms with van der Waals surface area (Å²) in [7, 11) is 2.02. The Morgan fingerprint density at radius 3 is 2.47 bits per heavy atom. The third kappa shape index (κ3) is 2.77. The van der Waals surface area contributed by atoms with Crippen LogP contribution >= 0.6 is 0 Å². The summed E-state index contributed by atoms with van der Waals surface area (Å²) in [6.07, 6.45) is 2.42. The molecule has 0 radical (unpaired) electrons. The van der Waals surface area contributed by atoms with Crippen LogP contribution in [0.1, 0.15) is 19.3 Å². The lowest BCUT2D eigenvalue weighted by molar-refractivity contribution is -0.146. The molecule has 1 N–H and O–H groups in total. The number of hydrogen-bond acceptors (Lipinski definition) is 3. The van der Waals surface area contributed by atoms with E-state index >= 15 is 0 Å². The van der Waals surface area contributed by atoms with Gasteiger partial charge >= 0.3 is 5.97 Å². The van der Waals surface area contributed by atoms with Gasteiger partial charge in [-0.15, -0.1) is 0 Å². The first-order chi connectivity index (χ1) is 8.08. The predicted octanol–water partition coefficient (Wildman–Crippen LogP) is 0.261. The second-order valence-corrected chi connectivity index (χ2v) is 5.21. The minimum Gasteiger partial charge on any atom is -0.481 e. The van der Waals surface area contributed by atoms with Crippen molar-refractivity contribution in [2.75, 3.05) is 33.2 Å². The fourth-order valence-corrected chi connectivity index (χ4v) is 2.77. The van der Waals surface area contributed by atoms with E-state index in [-0.39, 0.29) is 17.7 Å². The van der Waals surface area contributed by atoms with E-state index in [4.69, 9.17) is 5.11 Å². The molecular formula is C12H20N2O3. The maximum absolute atomic E-state index is 12.2. The number of hydrogen-bond donors (Lipinski definition) is 1. The Hall–Kier alpha value is -1.10. The topological polar surface area (TPSA) is 60.9 Å². The minimum absolute atomic E-state index is 0.0764. The molecule has 0 bridgehead atoms. The molecule has 2 rings (SSSR count). The molecule has 5 nitrogen and oxygen atoms in total. The van der Waals surface area contributed by atoms with Gasteiger partial charge in [-0.2, -0.15) is 0 Å². The molecule has 0 aromatic heterocycles. The smallest absolute Gasteiger partial charge is 0.308 e. The van der Waals surface area contributed by atoms with Crippen LogP contribution in [0.2, 0.25) is 0 Å². The number of likely N-dealkylation sites (tertiary alicyclic amines) is 2. The summed E-state index contributed by atoms with van der Waals surface area (Å²) in [6, 6.07) is 0. The lowest BCUT2D eigenvalue weighted by Crippen LogP contribution is -2.45. The van der Waals surface area contributed by atoms with Gasteiger partial charge < -0.3 is 14.9 Å². The van der Waals surface area contributed by atoms with Crippen LogP contribution in [-0.2, 0) is 9.59 Å². The number of carbonyl (C=O) groups excluding carboxylic acids is 1. The molecule has 1 amide bonds. The average Bonchev–Trinajstić information content (AvgIpc) is 2.75. The second kappa shape index (κ2) is 5.04. The lowest BCUT2D eigenvalue weighted by Gasteiger charge is -2.32. The molecule has 2 aliphatic heterocycles. The Bertz CT molecular complexity index is 319. The number of carbonyl (C=O) groups is 2. The van der Waals surface area contributed by atoms with Gasteiger partial charge in [-0.1, -0.05) is 0 Å². The van der Waals surface area contributed by atoms with Crippen LogP contribution in [0, 0.1) is 11.8 Å². The fourth-order valence-electron chi connectivity index (χ4n) is 2.77. The molecule has 2 heterocycles. The first-order valence-corrected chi connectivity index (χ1v) is 6.28. The highest BCUT2D eigenvalue weighted by atomic mass is 16.4. The van der Waals surface area contributed by atoms with E-state index in [9.17, 15) is 9.59 Å². The molecule has 0 aromatic carbocycles. The van der Waals surface area contributed by atoms with E-state index in [1.807, 2.05) is 7.05 Å². The number of nitrogens with zero attached hydrogens (tertiary/aromatic N) is 2. The van der Waals surface area contributed by atoms with Crippen LogP contribution in [0.4, 0.5) is 0 Å². The molecule has 0 aliphatic carbocycles. The number of amides is 1. The van der Waals surface area contributed by atoms with E-state index in [1.54, 1.807) is 4.90 Å². The van der Waals surface area contributed by atoms with Gasteiger partial charge in [0.25, 0.3) is 0 Å². The monoisotopic (exact) mass is 240 g/mol. The number of piperidine rings is 1. The first kappa shape index (κ1) is 12.4. The number of carboxylic acids is 1. The molecule has 2 aliphatic rings. The molecule has 0 spiro atoms. The van der Waals surface area contributed by atoms with Crippen molar-refractivity contribution in [3.05, 3.63) is 0 Å². The molecule has 2 unspecified atom stereocenters. The van der Waals surface area contributed by atoms with Crippen molar-refractivity contribution in [1.82, 2.24) is 9.80 Å². The van der Waals surface area contributed by atoms with Crippen LogP contribution in [0.3, 0.4) is 0 Å². The van der Waals surface area contributed by atoms with Crippen LogP contribution < -0.4 is 0 Å². The van der Waals surface area contributed by atoms with Crippen molar-refractivity contribution in [2.24, 2.45) is 11.8 Å². The van der Waals surface area contributed by atoms with Crippen LogP contribution in [0.5, 0.6) is 0 Å². The number of aliphatic carboxylic acids is 1. The van der Waals surface area contributed by atoms with Crippen LogP contribution in [0.25, 0.3) is 0 Å². The third-order valence-electron chi connectivity index (χ3n) is 3.82. The van der Waals surface area contributed by atoms with E-state index in [0.29, 0.717) is 13.0 Å². The molecular weight excluding hydrogens is 220 g/mol. The largest absolute Gasteiger partial charge is 0.481 e. The molecule has 17 heavy (non-hydrogen) atoms. The number of carboxylic acid groups (broad SMARTS) is 1. The van der Waals surface area contributed by atoms with Crippen molar-refractivity contribution in [1.29, 1.82) is 0 Å². The highest BCUT2D eigenvalue weighted by Gasteiger charge is 2.34. The van der Waals surface area contributed by atoms with E-state index in [1.165, 1.54) is 0 Å². The molecule has 2 saturated heterocycles. The maximum Gasteiger partial charge on any atom is 0.308 e. The highest BCUT2D eigenvalue weighted by molar-refractivity contribution is 5.80. The summed E-state index contributed by atoms with van der Waals surface area (Å²) >= 11 is 0. The van der Waals surface area contributed by atoms with Gasteiger partial charge in [0, 0.05) is 19.6 Å². The Morgan fingerprint density at radius 1 is 1.12 bits per heavy atom. The molecule has 2 atom stereocenters. The molecule has 2 fully saturated rings. The zero-order chi connectivity index (χ0) is 12.4. The predicted molar refractivity (Wildman–Crippen MR) is 62.5 cm³/mol. The molecule has 96 valence electrons. The van der Waals surface area contributed by atoms with Crippen LogP contribution in [0.15, 0.2) is 0 Å². The molecule has 5 heteroatoms. The Labute approximate surface area is 101 Å². The summed E-state index contributed by atoms with van der Waals surface area (Å²) in [4.78, 5) is 27.1. The standard InChI is InChI=1S/C12H20N2O3/c1-13-6-4-9(7-13)11(15)14-5-2-3-10(8-14)12(16)17/h9-10H,2-8H2,1H3,(H,16,17). The Kier molecular flexibility index (Phi) is 3.66. The van der Waals surface area contributed by atoms with Crippen molar-refractivity contribution in [3.63, 3.8) is 0 Å². The van der Waals surface area contributed by atoms with Gasteiger partial charge in [0.05, 0.1) is 11.8 Å². The normalized spacial score (nSPS) is 30.5. The van der Waals surface area contributed by atoms with Crippen molar-refractivity contribution in [3.8, 4) is 0 Å². The van der Waals surface area contributed by atoms with Gasteiger partial charge in [0.2, 0.25) is 5.91 Å².